The van der Waals surface area contributed by atoms with E-state index >= 15 is 0 Å². The average molecular weight is 945 g/mol. The number of rotatable bonds is 11. The Morgan fingerprint density at radius 2 is 1.25 bits per heavy atom. The number of imidazole rings is 2. The lowest BCUT2D eigenvalue weighted by Gasteiger charge is -2.36. The Morgan fingerprint density at radius 3 is 1.81 bits per heavy atom. The maximum atomic E-state index is 14.3. The van der Waals surface area contributed by atoms with E-state index in [2.05, 4.69) is 20.3 Å². The van der Waals surface area contributed by atoms with Crippen LogP contribution < -0.4 is 5.32 Å². The second kappa shape index (κ2) is 14.9. The first-order valence-corrected chi connectivity index (χ1v) is 23.6. The molecule has 2 aromatic carbocycles. The smallest absolute Gasteiger partial charge is 0.407 e. The van der Waals surface area contributed by atoms with Crippen molar-refractivity contribution in [1.29, 1.82) is 0 Å². The fourth-order valence-electron chi connectivity index (χ4n) is 13.0. The van der Waals surface area contributed by atoms with Crippen molar-refractivity contribution in [3.8, 4) is 33.6 Å². The van der Waals surface area contributed by atoms with Crippen LogP contribution in [0.25, 0.3) is 33.6 Å². The minimum atomic E-state index is -2.73. The number of amides is 4. The predicted molar refractivity (Wildman–Crippen MR) is 232 cm³/mol. The number of halogens is 5. The van der Waals surface area contributed by atoms with E-state index in [9.17, 15) is 41.8 Å². The number of aromatic amines is 2. The Labute approximate surface area is 387 Å². The largest absolute Gasteiger partial charge is 0.465 e. The van der Waals surface area contributed by atoms with Gasteiger partial charge in [-0.15, -0.1) is 0 Å². The Balaban J connectivity index is 0.723. The molecular weight excluding hydrogens is 896 g/mol. The van der Waals surface area contributed by atoms with Crippen molar-refractivity contribution in [1.82, 2.24) is 40.0 Å². The topological polar surface area (TPSA) is 177 Å². The van der Waals surface area contributed by atoms with Crippen LogP contribution in [0.5, 0.6) is 0 Å². The van der Waals surface area contributed by atoms with Crippen LogP contribution in [0.3, 0.4) is 0 Å². The summed E-state index contributed by atoms with van der Waals surface area (Å²) in [6.07, 6.45) is 3.34. The molecule has 14 nitrogen and oxygen atoms in total. The first kappa shape index (κ1) is 42.7. The molecular formula is C48H49ClF4N8O6. The van der Waals surface area contributed by atoms with Gasteiger partial charge < -0.3 is 34.9 Å². The fraction of sp³-hybridized carbons (Fsp3) is 0.542. The van der Waals surface area contributed by atoms with Crippen LogP contribution in [0.2, 0.25) is 5.15 Å². The van der Waals surface area contributed by atoms with Crippen molar-refractivity contribution in [2.24, 2.45) is 47.3 Å². The number of benzene rings is 2. The van der Waals surface area contributed by atoms with E-state index in [1.807, 2.05) is 48.5 Å². The molecule has 8 aliphatic rings. The molecule has 4 unspecified atom stereocenters. The van der Waals surface area contributed by atoms with Crippen LogP contribution in [-0.4, -0.2) is 114 Å². The molecule has 4 amide bonds. The summed E-state index contributed by atoms with van der Waals surface area (Å²) >= 11 is 6.76. The lowest BCUT2D eigenvalue weighted by molar-refractivity contribution is -0.140. The fourth-order valence-corrected chi connectivity index (χ4v) is 13.2. The van der Waals surface area contributed by atoms with E-state index in [0.717, 1.165) is 40.0 Å². The molecule has 67 heavy (non-hydrogen) atoms. The minimum Gasteiger partial charge on any atom is -0.465 e. The third kappa shape index (κ3) is 6.84. The molecule has 2 aromatic heterocycles. The minimum absolute atomic E-state index is 0.0318. The van der Waals surface area contributed by atoms with Gasteiger partial charge in [-0.05, 0) is 86.2 Å². The number of hydrogen-bond donors (Lipinski definition) is 4. The highest BCUT2D eigenvalue weighted by atomic mass is 35.5. The number of carbonyl (C=O) groups is 4. The SMILES string of the molecule is COC(=O)NC(C(=O)N1[C@@H]2CC2C[C@H]1c1nc(Cl)c(-c2ccc(-c3ccc(-c4c[nH]c([C@@H]5CC6C[C@H]6N5C(=O)C([C@H]5C[C@@H]6[C@H](C5)C6(F)F)N(C)C(=O)O)n4)cc3)cc2)[nH]1)[C@H]1C[C@@H]2[C@H](C1)C2(F)F. The van der Waals surface area contributed by atoms with Gasteiger partial charge in [0.15, 0.2) is 5.15 Å². The number of nitrogens with zero attached hydrogens (tertiary/aromatic N) is 5. The summed E-state index contributed by atoms with van der Waals surface area (Å²) in [5.74, 6) is -8.41. The average Bonchev–Trinajstić information content (AvgIpc) is 4.02. The van der Waals surface area contributed by atoms with E-state index in [4.69, 9.17) is 21.3 Å². The molecule has 0 spiro atoms. The van der Waals surface area contributed by atoms with Gasteiger partial charge in [0.2, 0.25) is 11.8 Å². The number of piperidine rings is 2. The lowest BCUT2D eigenvalue weighted by atomic mass is 9.91. The number of likely N-dealkylation sites (N-methyl/N-ethyl adjacent to an activating group) is 1. The molecule has 4 heterocycles. The lowest BCUT2D eigenvalue weighted by Crippen LogP contribution is -2.53. The maximum Gasteiger partial charge on any atom is 0.407 e. The molecule has 12 rings (SSSR count). The number of nitrogens with one attached hydrogen (secondary N) is 3. The van der Waals surface area contributed by atoms with Crippen LogP contribution in [-0.2, 0) is 14.3 Å². The van der Waals surface area contributed by atoms with Crippen LogP contribution in [0.1, 0.15) is 75.1 Å². The summed E-state index contributed by atoms with van der Waals surface area (Å²) in [7, 11) is 2.56. The number of aromatic nitrogens is 4. The van der Waals surface area contributed by atoms with Crippen LogP contribution in [0.4, 0.5) is 27.2 Å². The Kier molecular flexibility index (Phi) is 9.51. The molecule has 4 aromatic rings. The highest BCUT2D eigenvalue weighted by molar-refractivity contribution is 6.32. The second-order valence-corrected chi connectivity index (χ2v) is 20.8. The molecule has 8 fully saturated rings. The summed E-state index contributed by atoms with van der Waals surface area (Å²) in [5, 5.41) is 12.8. The first-order chi connectivity index (χ1) is 32.0. The molecule has 0 bridgehead atoms. The number of likely N-dealkylation sites (tertiary alicyclic amines) is 2. The molecule has 6 aliphatic carbocycles. The molecule has 0 radical (unpaired) electrons. The number of H-pyrrole nitrogens is 2. The van der Waals surface area contributed by atoms with Crippen molar-refractivity contribution in [3.63, 3.8) is 0 Å². The summed E-state index contributed by atoms with van der Waals surface area (Å²) in [6.45, 7) is 0. The van der Waals surface area contributed by atoms with Crippen LogP contribution >= 0.6 is 11.6 Å². The molecule has 352 valence electrons. The van der Waals surface area contributed by atoms with Gasteiger partial charge in [0.05, 0.1) is 30.6 Å². The number of ether oxygens (including phenoxy) is 1. The van der Waals surface area contributed by atoms with E-state index in [-0.39, 0.29) is 72.6 Å². The predicted octanol–water partition coefficient (Wildman–Crippen LogP) is 8.40. The van der Waals surface area contributed by atoms with E-state index in [1.54, 1.807) is 16.0 Å². The maximum absolute atomic E-state index is 14.3. The van der Waals surface area contributed by atoms with Gasteiger partial charge in [-0.2, -0.15) is 0 Å². The summed E-state index contributed by atoms with van der Waals surface area (Å²) < 4.78 is 61.3. The second-order valence-electron chi connectivity index (χ2n) is 20.4. The normalized spacial score (nSPS) is 33.8. The van der Waals surface area contributed by atoms with Gasteiger partial charge in [0, 0.05) is 60.1 Å². The highest BCUT2D eigenvalue weighted by Crippen LogP contribution is 2.68. The highest BCUT2D eigenvalue weighted by Gasteiger charge is 2.74. The van der Waals surface area contributed by atoms with Gasteiger partial charge in [0.25, 0.3) is 11.8 Å². The van der Waals surface area contributed by atoms with Crippen molar-refractivity contribution < 1.29 is 46.6 Å². The molecule has 19 heteroatoms. The quantitative estimate of drug-likeness (QED) is 0.108. The van der Waals surface area contributed by atoms with Crippen LogP contribution in [0, 0.1) is 47.3 Å². The number of carbonyl (C=O) groups excluding carboxylic acids is 3. The summed E-state index contributed by atoms with van der Waals surface area (Å²) in [6, 6.07) is 12.8. The Morgan fingerprint density at radius 1 is 0.746 bits per heavy atom. The standard InChI is InChI=1S/C48H49ClF4N8O6/c1-59(46(65)66)39(27-13-30-31(14-27)48(30,52)53)44(63)61-34-16-24(34)17-35(61)41-54-19-32(55-41)22-7-3-20(4-8-22)21-5-9-23(10-6-21)37-40(49)58-42(56-37)36-18-25-15-33(25)60(36)43(62)38(57-45(64)67-2)26-11-28-29(12-26)47(28,50)51/h3-10,19,24-31,33-36,38-39H,11-18H2,1-2H3,(H,54,55)(H,56,58)(H,57,64)(H,65,66)/t24?,25?,26-,27-,28+,29-,30+,31-,33-,34-,35+,36+,38?,39?/m1/s1. The monoisotopic (exact) mass is 944 g/mol. The number of carboxylic acid groups (broad SMARTS) is 1. The third-order valence-corrected chi connectivity index (χ3v) is 17.2. The zero-order chi connectivity index (χ0) is 46.6. The van der Waals surface area contributed by atoms with Gasteiger partial charge in [-0.1, -0.05) is 60.1 Å². The number of fused-ring (bicyclic) bond motifs is 4. The summed E-state index contributed by atoms with van der Waals surface area (Å²) in [4.78, 5) is 73.9. The molecule has 6 saturated carbocycles. The molecule has 4 N–H and O–H groups in total. The van der Waals surface area contributed by atoms with Crippen molar-refractivity contribution >= 4 is 35.6 Å². The number of hydrogen-bond acceptors (Lipinski definition) is 7. The molecule has 2 aliphatic heterocycles. The zero-order valence-electron chi connectivity index (χ0n) is 36.6. The third-order valence-electron chi connectivity index (χ3n) is 16.9. The van der Waals surface area contributed by atoms with Crippen molar-refractivity contribution in [2.75, 3.05) is 14.2 Å². The van der Waals surface area contributed by atoms with Gasteiger partial charge >= 0.3 is 12.2 Å². The van der Waals surface area contributed by atoms with Crippen molar-refractivity contribution in [3.05, 3.63) is 71.5 Å². The Bertz CT molecular complexity index is 2670. The number of alkyl halides is 4. The van der Waals surface area contributed by atoms with Gasteiger partial charge in [-0.3, -0.25) is 14.5 Å². The summed E-state index contributed by atoms with van der Waals surface area (Å²) in [5.41, 5.74) is 4.79. The molecule has 2 saturated heterocycles. The zero-order valence-corrected chi connectivity index (χ0v) is 37.3. The molecule has 14 atom stereocenters. The van der Waals surface area contributed by atoms with E-state index in [0.29, 0.717) is 35.9 Å². The van der Waals surface area contributed by atoms with Crippen molar-refractivity contribution in [2.45, 2.75) is 99.5 Å². The Hall–Kier alpha value is -5.65. The van der Waals surface area contributed by atoms with Crippen LogP contribution in [0.15, 0.2) is 54.7 Å². The number of methoxy groups -OCH3 is 1. The van der Waals surface area contributed by atoms with E-state index in [1.165, 1.54) is 14.2 Å². The van der Waals surface area contributed by atoms with Gasteiger partial charge in [0.1, 0.15) is 23.7 Å². The van der Waals surface area contributed by atoms with E-state index < -0.39 is 77.7 Å². The first-order valence-electron chi connectivity index (χ1n) is 23.3. The number of alkyl carbamates (subject to hydrolysis) is 1. The van der Waals surface area contributed by atoms with Gasteiger partial charge in [-0.25, -0.2) is 37.1 Å².